The van der Waals surface area contributed by atoms with E-state index >= 15 is 0 Å². The van der Waals surface area contributed by atoms with Gasteiger partial charge >= 0.3 is 0 Å². The fraction of sp³-hybridized carbons (Fsp3) is 0.316. The summed E-state index contributed by atoms with van der Waals surface area (Å²) >= 11 is 0. The summed E-state index contributed by atoms with van der Waals surface area (Å²) < 4.78 is 3.80. The van der Waals surface area contributed by atoms with Gasteiger partial charge < -0.3 is 5.73 Å². The minimum Gasteiger partial charge on any atom is -0.368 e. The molecule has 0 atom stereocenters. The van der Waals surface area contributed by atoms with Gasteiger partial charge in [0.05, 0.1) is 11.4 Å². The van der Waals surface area contributed by atoms with E-state index in [0.717, 1.165) is 40.4 Å². The summed E-state index contributed by atoms with van der Waals surface area (Å²) in [5.41, 5.74) is 10.2. The first-order valence-electron chi connectivity index (χ1n) is 8.77. The molecule has 0 aliphatic heterocycles. The van der Waals surface area contributed by atoms with Crippen molar-refractivity contribution in [1.82, 2.24) is 34.3 Å². The molecule has 4 aromatic heterocycles. The molecule has 8 nitrogen and oxygen atoms in total. The lowest BCUT2D eigenvalue weighted by Crippen LogP contribution is -2.12. The maximum absolute atomic E-state index is 5.86. The Kier molecular flexibility index (Phi) is 3.91. The molecule has 27 heavy (non-hydrogen) atoms. The lowest BCUT2D eigenvalue weighted by atomic mass is 9.92. The van der Waals surface area contributed by atoms with Gasteiger partial charge in [-0.3, -0.25) is 9.08 Å². The van der Waals surface area contributed by atoms with E-state index in [1.165, 1.54) is 0 Å². The van der Waals surface area contributed by atoms with Gasteiger partial charge in [-0.05, 0) is 23.6 Å². The van der Waals surface area contributed by atoms with Crippen LogP contribution in [0.1, 0.15) is 26.6 Å². The molecule has 0 fully saturated rings. The van der Waals surface area contributed by atoms with E-state index in [4.69, 9.17) is 5.73 Å². The average Bonchev–Trinajstić information content (AvgIpc) is 3.19. The molecule has 0 aromatic carbocycles. The van der Waals surface area contributed by atoms with E-state index in [2.05, 4.69) is 46.0 Å². The van der Waals surface area contributed by atoms with E-state index in [9.17, 15) is 0 Å². The van der Waals surface area contributed by atoms with Crippen molar-refractivity contribution < 1.29 is 0 Å². The quantitative estimate of drug-likeness (QED) is 0.601. The fourth-order valence-corrected chi connectivity index (χ4v) is 3.12. The van der Waals surface area contributed by atoms with Gasteiger partial charge in [0, 0.05) is 43.2 Å². The van der Waals surface area contributed by atoms with Crippen molar-refractivity contribution in [3.63, 3.8) is 0 Å². The van der Waals surface area contributed by atoms with Crippen LogP contribution in [0, 0.1) is 5.41 Å². The molecule has 4 rings (SSSR count). The topological polar surface area (TPSA) is 99.8 Å². The number of hydrogen-bond acceptors (Lipinski definition) is 6. The molecule has 0 saturated heterocycles. The Hall–Kier alpha value is -3.29. The molecule has 0 aliphatic rings. The molecule has 0 bridgehead atoms. The number of fused-ring (bicyclic) bond motifs is 1. The molecule has 0 amide bonds. The van der Waals surface area contributed by atoms with Crippen LogP contribution in [0.5, 0.6) is 0 Å². The Morgan fingerprint density at radius 2 is 1.96 bits per heavy atom. The molecular weight excluding hydrogens is 340 g/mol. The second-order valence-electron chi connectivity index (χ2n) is 7.83. The molecule has 0 unspecified atom stereocenters. The third-order valence-corrected chi connectivity index (χ3v) is 4.35. The highest BCUT2D eigenvalue weighted by Gasteiger charge is 2.18. The summed E-state index contributed by atoms with van der Waals surface area (Å²) in [6.45, 7) is 6.56. The number of pyridine rings is 1. The van der Waals surface area contributed by atoms with Gasteiger partial charge in [-0.15, -0.1) is 10.2 Å². The molecule has 0 saturated carbocycles. The first-order valence-corrected chi connectivity index (χ1v) is 8.77. The second-order valence-corrected chi connectivity index (χ2v) is 7.83. The number of anilines is 1. The van der Waals surface area contributed by atoms with Crippen LogP contribution in [0.15, 0.2) is 36.8 Å². The Labute approximate surface area is 157 Å². The van der Waals surface area contributed by atoms with Crippen molar-refractivity contribution >= 4 is 11.6 Å². The van der Waals surface area contributed by atoms with Crippen LogP contribution in [-0.2, 0) is 13.5 Å². The minimum absolute atomic E-state index is 0.134. The van der Waals surface area contributed by atoms with Crippen LogP contribution in [0.2, 0.25) is 0 Å². The van der Waals surface area contributed by atoms with E-state index in [0.29, 0.717) is 0 Å². The predicted molar refractivity (Wildman–Crippen MR) is 104 cm³/mol. The van der Waals surface area contributed by atoms with Crippen molar-refractivity contribution in [2.45, 2.75) is 27.2 Å². The molecule has 0 aliphatic carbocycles. The Morgan fingerprint density at radius 3 is 2.67 bits per heavy atom. The van der Waals surface area contributed by atoms with E-state index < -0.39 is 0 Å². The van der Waals surface area contributed by atoms with E-state index in [1.54, 1.807) is 17.1 Å². The summed E-state index contributed by atoms with van der Waals surface area (Å²) in [7, 11) is 1.88. The molecule has 0 radical (unpaired) electrons. The van der Waals surface area contributed by atoms with E-state index in [1.807, 2.05) is 35.8 Å². The largest absolute Gasteiger partial charge is 0.368 e. The normalized spacial score (nSPS) is 12.0. The molecule has 8 heteroatoms. The number of hydrogen-bond donors (Lipinski definition) is 1. The molecule has 0 spiro atoms. The number of aryl methyl sites for hydroxylation is 1. The van der Waals surface area contributed by atoms with Crippen LogP contribution >= 0.6 is 0 Å². The number of nitrogens with two attached hydrogens (primary N) is 1. The van der Waals surface area contributed by atoms with Gasteiger partial charge in [0.1, 0.15) is 5.82 Å². The van der Waals surface area contributed by atoms with Crippen LogP contribution in [-0.4, -0.2) is 34.3 Å². The maximum atomic E-state index is 5.86. The molecule has 4 heterocycles. The monoisotopic (exact) mass is 362 g/mol. The van der Waals surface area contributed by atoms with Crippen LogP contribution in [0.3, 0.4) is 0 Å². The first kappa shape index (κ1) is 17.1. The highest BCUT2D eigenvalue weighted by atomic mass is 15.3. The maximum Gasteiger partial charge on any atom is 0.220 e. The zero-order valence-corrected chi connectivity index (χ0v) is 15.9. The zero-order valence-electron chi connectivity index (χ0n) is 15.9. The molecular formula is C19H22N8. The predicted octanol–water partition coefficient (Wildman–Crippen LogP) is 2.76. The van der Waals surface area contributed by atoms with Crippen LogP contribution < -0.4 is 5.73 Å². The van der Waals surface area contributed by atoms with Crippen molar-refractivity contribution in [2.75, 3.05) is 5.73 Å². The Morgan fingerprint density at radius 1 is 1.15 bits per heavy atom. The molecule has 2 N–H and O–H groups in total. The second kappa shape index (κ2) is 6.15. The van der Waals surface area contributed by atoms with Gasteiger partial charge in [0.25, 0.3) is 0 Å². The third kappa shape index (κ3) is 3.25. The third-order valence-electron chi connectivity index (χ3n) is 4.35. The number of rotatable bonds is 3. The molecule has 4 aromatic rings. The lowest BCUT2D eigenvalue weighted by Gasteiger charge is -2.16. The van der Waals surface area contributed by atoms with Crippen molar-refractivity contribution in [3.05, 3.63) is 42.6 Å². The number of nitrogens with zero attached hydrogens (tertiary/aromatic N) is 7. The van der Waals surface area contributed by atoms with E-state index in [-0.39, 0.29) is 11.4 Å². The lowest BCUT2D eigenvalue weighted by molar-refractivity contribution is 0.399. The van der Waals surface area contributed by atoms with Gasteiger partial charge in [-0.1, -0.05) is 20.8 Å². The SMILES string of the molecule is Cn1nccc1-c1cnc(N)nc1-c1ccn2c(CC(C)(C)C)nnc2c1. The van der Waals surface area contributed by atoms with Gasteiger partial charge in [-0.25, -0.2) is 9.97 Å². The Balaban J connectivity index is 1.84. The first-order chi connectivity index (χ1) is 12.8. The minimum atomic E-state index is 0.134. The van der Waals surface area contributed by atoms with Gasteiger partial charge in [-0.2, -0.15) is 5.10 Å². The zero-order chi connectivity index (χ0) is 19.2. The van der Waals surface area contributed by atoms with Crippen LogP contribution in [0.4, 0.5) is 5.95 Å². The van der Waals surface area contributed by atoms with Crippen molar-refractivity contribution in [1.29, 1.82) is 0 Å². The van der Waals surface area contributed by atoms with Gasteiger partial charge in [0.2, 0.25) is 5.95 Å². The fourth-order valence-electron chi connectivity index (χ4n) is 3.12. The summed E-state index contributed by atoms with van der Waals surface area (Å²) in [6.07, 6.45) is 6.30. The van der Waals surface area contributed by atoms with Crippen molar-refractivity contribution in [3.8, 4) is 22.5 Å². The van der Waals surface area contributed by atoms with Gasteiger partial charge in [0.15, 0.2) is 5.65 Å². The highest BCUT2D eigenvalue weighted by Crippen LogP contribution is 2.31. The Bertz CT molecular complexity index is 1120. The number of nitrogen functional groups attached to an aromatic ring is 1. The van der Waals surface area contributed by atoms with Crippen molar-refractivity contribution in [2.24, 2.45) is 12.5 Å². The summed E-state index contributed by atoms with van der Waals surface area (Å²) in [4.78, 5) is 8.64. The average molecular weight is 362 g/mol. The highest BCUT2D eigenvalue weighted by molar-refractivity contribution is 5.80. The van der Waals surface area contributed by atoms with Crippen LogP contribution in [0.25, 0.3) is 28.2 Å². The molecule has 138 valence electrons. The summed E-state index contributed by atoms with van der Waals surface area (Å²) in [5, 5.41) is 12.9. The summed E-state index contributed by atoms with van der Waals surface area (Å²) in [5.74, 6) is 1.17. The smallest absolute Gasteiger partial charge is 0.220 e. The summed E-state index contributed by atoms with van der Waals surface area (Å²) in [6, 6.07) is 5.90. The number of aromatic nitrogens is 7. The standard InChI is InChI=1S/C19H22N8/c1-19(2,3)10-16-25-24-15-9-12(6-8-27(15)16)17-13(11-21-18(20)23-17)14-5-7-22-26(14)4/h5-9,11H,10H2,1-4H3,(H2,20,21,23).